The molecule has 0 aromatic heterocycles. The van der Waals surface area contributed by atoms with Crippen LogP contribution in [0, 0.1) is 0 Å². The molecule has 108 valence electrons. The molecule has 0 spiro atoms. The molecule has 5 heteroatoms. The van der Waals surface area contributed by atoms with Crippen molar-refractivity contribution in [1.29, 1.82) is 0 Å². The largest absolute Gasteiger partial charge is 0.496 e. The lowest BCUT2D eigenvalue weighted by atomic mass is 10.0. The normalized spacial score (nSPS) is 24.6. The first-order valence-electron chi connectivity index (χ1n) is 6.72. The number of ether oxygens (including phenoxy) is 1. The number of nitrogens with zero attached hydrogens (tertiary/aromatic N) is 3. The lowest BCUT2D eigenvalue weighted by molar-refractivity contribution is 0.159. The van der Waals surface area contributed by atoms with Gasteiger partial charge in [-0.15, -0.1) is 0 Å². The quantitative estimate of drug-likeness (QED) is 0.783. The van der Waals surface area contributed by atoms with Gasteiger partial charge in [0.2, 0.25) is 0 Å². The van der Waals surface area contributed by atoms with Crippen LogP contribution in [0.1, 0.15) is 0 Å². The van der Waals surface area contributed by atoms with Crippen LogP contribution in [0.4, 0.5) is 0 Å². The Balaban J connectivity index is 2.27. The van der Waals surface area contributed by atoms with E-state index in [-0.39, 0.29) is 0 Å². The summed E-state index contributed by atoms with van der Waals surface area (Å²) in [5, 5.41) is 6.80. The van der Waals surface area contributed by atoms with E-state index in [0.29, 0.717) is 11.5 Å². The molecule has 0 atom stereocenters. The number of nitrogens with two attached hydrogens (primary N) is 1. The van der Waals surface area contributed by atoms with Gasteiger partial charge in [-0.2, -0.15) is 5.10 Å². The molecular weight excluding hydrogens is 252 g/mol. The Bertz CT molecular complexity index is 494. The van der Waals surface area contributed by atoms with Gasteiger partial charge in [0.25, 0.3) is 0 Å². The number of likely N-dealkylation sites (N-methyl/N-ethyl adjacent to an activating group) is 1. The van der Waals surface area contributed by atoms with Gasteiger partial charge in [-0.1, -0.05) is 6.58 Å². The monoisotopic (exact) mass is 274 g/mol. The van der Waals surface area contributed by atoms with E-state index >= 15 is 0 Å². The number of allylic oxidation sites excluding steroid dienone is 5. The minimum absolute atomic E-state index is 0.685. The van der Waals surface area contributed by atoms with Crippen molar-refractivity contribution in [3.63, 3.8) is 0 Å². The third kappa shape index (κ3) is 3.30. The highest BCUT2D eigenvalue weighted by Gasteiger charge is 2.16. The van der Waals surface area contributed by atoms with Crippen LogP contribution in [0.15, 0.2) is 53.0 Å². The highest BCUT2D eigenvalue weighted by Crippen LogP contribution is 2.18. The molecule has 1 heterocycles. The highest BCUT2D eigenvalue weighted by molar-refractivity contribution is 6.12. The topological polar surface area (TPSA) is 54.1 Å². The van der Waals surface area contributed by atoms with Gasteiger partial charge in [0.15, 0.2) is 0 Å². The fourth-order valence-corrected chi connectivity index (χ4v) is 2.19. The van der Waals surface area contributed by atoms with Crippen molar-refractivity contribution >= 4 is 5.71 Å². The van der Waals surface area contributed by atoms with Crippen LogP contribution in [-0.2, 0) is 4.74 Å². The Labute approximate surface area is 120 Å². The third-order valence-electron chi connectivity index (χ3n) is 3.42. The van der Waals surface area contributed by atoms with Crippen LogP contribution in [0.5, 0.6) is 0 Å². The van der Waals surface area contributed by atoms with E-state index in [1.165, 1.54) is 0 Å². The molecule has 0 radical (unpaired) electrons. The van der Waals surface area contributed by atoms with Crippen molar-refractivity contribution in [2.24, 2.45) is 10.8 Å². The maximum Gasteiger partial charge on any atom is 0.127 e. The lowest BCUT2D eigenvalue weighted by Crippen LogP contribution is -2.42. The predicted molar refractivity (Wildman–Crippen MR) is 82.1 cm³/mol. The van der Waals surface area contributed by atoms with Gasteiger partial charge in [0, 0.05) is 37.4 Å². The Morgan fingerprint density at radius 3 is 2.65 bits per heavy atom. The number of methoxy groups -OCH3 is 1. The second kappa shape index (κ2) is 6.43. The summed E-state index contributed by atoms with van der Waals surface area (Å²) >= 11 is 0. The van der Waals surface area contributed by atoms with Gasteiger partial charge in [-0.3, -0.25) is 5.01 Å². The van der Waals surface area contributed by atoms with E-state index in [2.05, 4.69) is 23.5 Å². The summed E-state index contributed by atoms with van der Waals surface area (Å²) in [6, 6.07) is 0. The maximum absolute atomic E-state index is 5.86. The summed E-state index contributed by atoms with van der Waals surface area (Å²) in [4.78, 5) is 2.30. The average molecular weight is 274 g/mol. The smallest absolute Gasteiger partial charge is 0.127 e. The standard InChI is InChI=1S/C15H22N4O/c1-4-15(20-3)13-11-12(16)5-6-14(13)17-19-9-7-18(2)8-10-19/h4-6,11H,1,7-10,16H2,2-3H3/b15-13+,17-14-. The van der Waals surface area contributed by atoms with Crippen LogP contribution < -0.4 is 5.73 Å². The van der Waals surface area contributed by atoms with E-state index in [4.69, 9.17) is 15.6 Å². The molecule has 2 N–H and O–H groups in total. The molecule has 0 aromatic rings. The van der Waals surface area contributed by atoms with E-state index < -0.39 is 0 Å². The van der Waals surface area contributed by atoms with Crippen LogP contribution in [0.25, 0.3) is 0 Å². The molecule has 20 heavy (non-hydrogen) atoms. The van der Waals surface area contributed by atoms with Crippen molar-refractivity contribution in [2.75, 3.05) is 40.3 Å². The number of piperazine rings is 1. The number of hydrogen-bond donors (Lipinski definition) is 1. The SMILES string of the molecule is C=C/C(OC)=C1/C=C(N)C=C/C1=N/N1CCN(C)CC1. The molecule has 1 aliphatic carbocycles. The summed E-state index contributed by atoms with van der Waals surface area (Å²) in [5.41, 5.74) is 8.29. The number of rotatable bonds is 3. The summed E-state index contributed by atoms with van der Waals surface area (Å²) < 4.78 is 5.34. The molecule has 1 aliphatic heterocycles. The van der Waals surface area contributed by atoms with Gasteiger partial charge < -0.3 is 15.4 Å². The zero-order valence-electron chi connectivity index (χ0n) is 12.2. The van der Waals surface area contributed by atoms with E-state index in [0.717, 1.165) is 37.5 Å². The minimum atomic E-state index is 0.685. The maximum atomic E-state index is 5.86. The average Bonchev–Trinajstić information content (AvgIpc) is 2.45. The fraction of sp³-hybridized carbons (Fsp3) is 0.400. The number of hydrogen-bond acceptors (Lipinski definition) is 5. The zero-order valence-corrected chi connectivity index (χ0v) is 12.2. The Morgan fingerprint density at radius 2 is 2.05 bits per heavy atom. The van der Waals surface area contributed by atoms with Gasteiger partial charge in [-0.25, -0.2) is 0 Å². The zero-order chi connectivity index (χ0) is 14.5. The van der Waals surface area contributed by atoms with Gasteiger partial charge in [0.1, 0.15) is 5.76 Å². The summed E-state index contributed by atoms with van der Waals surface area (Å²) in [6.07, 6.45) is 7.33. The predicted octanol–water partition coefficient (Wildman–Crippen LogP) is 1.09. The molecule has 0 saturated carbocycles. The molecule has 1 fully saturated rings. The van der Waals surface area contributed by atoms with Crippen LogP contribution in [0.3, 0.4) is 0 Å². The van der Waals surface area contributed by atoms with Gasteiger partial charge >= 0.3 is 0 Å². The molecular formula is C15H22N4O. The third-order valence-corrected chi connectivity index (χ3v) is 3.42. The van der Waals surface area contributed by atoms with E-state index in [1.807, 2.05) is 18.2 Å². The van der Waals surface area contributed by atoms with Crippen LogP contribution in [-0.4, -0.2) is 56.0 Å². The first-order chi connectivity index (χ1) is 9.63. The summed E-state index contributed by atoms with van der Waals surface area (Å²) in [6.45, 7) is 7.67. The minimum Gasteiger partial charge on any atom is -0.496 e. The number of hydrazone groups is 1. The molecule has 2 aliphatic rings. The molecule has 0 unspecified atom stereocenters. The second-order valence-corrected chi connectivity index (χ2v) is 4.91. The lowest BCUT2D eigenvalue weighted by Gasteiger charge is -2.31. The Morgan fingerprint density at radius 1 is 1.35 bits per heavy atom. The molecule has 0 aromatic carbocycles. The van der Waals surface area contributed by atoms with Crippen molar-refractivity contribution in [2.45, 2.75) is 0 Å². The first kappa shape index (κ1) is 14.4. The molecule has 2 rings (SSSR count). The van der Waals surface area contributed by atoms with Gasteiger partial charge in [-0.05, 0) is 31.4 Å². The highest BCUT2D eigenvalue weighted by atomic mass is 16.5. The van der Waals surface area contributed by atoms with E-state index in [1.54, 1.807) is 13.2 Å². The van der Waals surface area contributed by atoms with Crippen molar-refractivity contribution in [3.8, 4) is 0 Å². The molecule has 0 amide bonds. The summed E-state index contributed by atoms with van der Waals surface area (Å²) in [5.74, 6) is 0.685. The fourth-order valence-electron chi connectivity index (χ4n) is 2.19. The van der Waals surface area contributed by atoms with Crippen molar-refractivity contribution in [1.82, 2.24) is 9.91 Å². The van der Waals surface area contributed by atoms with E-state index in [9.17, 15) is 0 Å². The van der Waals surface area contributed by atoms with Crippen molar-refractivity contribution in [3.05, 3.63) is 47.9 Å². The summed E-state index contributed by atoms with van der Waals surface area (Å²) in [7, 11) is 3.75. The van der Waals surface area contributed by atoms with Crippen molar-refractivity contribution < 1.29 is 4.74 Å². The molecule has 0 bridgehead atoms. The first-order valence-corrected chi connectivity index (χ1v) is 6.72. The van der Waals surface area contributed by atoms with Gasteiger partial charge in [0.05, 0.1) is 12.8 Å². The Kier molecular flexibility index (Phi) is 4.63. The molecule has 1 saturated heterocycles. The van der Waals surface area contributed by atoms with Crippen LogP contribution >= 0.6 is 0 Å². The van der Waals surface area contributed by atoms with Crippen LogP contribution in [0.2, 0.25) is 0 Å². The molecule has 5 nitrogen and oxygen atoms in total. The second-order valence-electron chi connectivity index (χ2n) is 4.91. The Hall–Kier alpha value is -2.01.